The van der Waals surface area contributed by atoms with Gasteiger partial charge in [-0.05, 0) is 26.2 Å². The Kier molecular flexibility index (Phi) is 6.86. The first-order valence-corrected chi connectivity index (χ1v) is 7.14. The molecule has 1 unspecified atom stereocenters. The molecule has 6 nitrogen and oxygen atoms in total. The smallest absolute Gasteiger partial charge is 0.319 e. The third-order valence-electron chi connectivity index (χ3n) is 3.20. The number of nitrogens with one attached hydrogen (secondary N) is 2. The molecule has 122 valence electrons. The van der Waals surface area contributed by atoms with Gasteiger partial charge in [0.15, 0.2) is 0 Å². The number of amides is 2. The Hall–Kier alpha value is -1.59. The van der Waals surface area contributed by atoms with Crippen molar-refractivity contribution in [3.63, 3.8) is 0 Å². The van der Waals surface area contributed by atoms with Crippen molar-refractivity contribution in [3.8, 4) is 0 Å². The molecule has 2 amide bonds. The van der Waals surface area contributed by atoms with E-state index in [0.29, 0.717) is 0 Å². The first kappa shape index (κ1) is 19.4. The molecule has 0 heterocycles. The molecule has 0 aromatic heterocycles. The fourth-order valence-corrected chi connectivity index (χ4v) is 1.91. The summed E-state index contributed by atoms with van der Waals surface area (Å²) in [5, 5.41) is 5.23. The van der Waals surface area contributed by atoms with Gasteiger partial charge in [0.1, 0.15) is 5.92 Å². The molecule has 1 atom stereocenters. The highest BCUT2D eigenvalue weighted by molar-refractivity contribution is 5.98. The van der Waals surface area contributed by atoms with Gasteiger partial charge in [-0.3, -0.25) is 14.4 Å². The zero-order valence-electron chi connectivity index (χ0n) is 14.1. The van der Waals surface area contributed by atoms with Gasteiger partial charge in [0.25, 0.3) is 0 Å². The molecule has 21 heavy (non-hydrogen) atoms. The second-order valence-electron chi connectivity index (χ2n) is 6.73. The standard InChI is InChI=1S/C15H28N2O4/c1-8-21-12(19)10(14(2,3)4)11(18)17-9-15(5,6)13(20)16-7/h10H,8-9H2,1-7H3,(H,16,20)(H,17,18). The Bertz CT molecular complexity index is 397. The van der Waals surface area contributed by atoms with Crippen LogP contribution in [-0.2, 0) is 19.1 Å². The lowest BCUT2D eigenvalue weighted by Crippen LogP contribution is -2.49. The number of carbonyl (C=O) groups is 3. The largest absolute Gasteiger partial charge is 0.465 e. The fraction of sp³-hybridized carbons (Fsp3) is 0.800. The molecule has 0 saturated heterocycles. The minimum absolute atomic E-state index is 0.150. The van der Waals surface area contributed by atoms with Gasteiger partial charge >= 0.3 is 5.97 Å². The van der Waals surface area contributed by atoms with Crippen LogP contribution in [0.1, 0.15) is 41.5 Å². The highest BCUT2D eigenvalue weighted by Gasteiger charge is 2.39. The summed E-state index contributed by atoms with van der Waals surface area (Å²) in [5.74, 6) is -2.04. The Labute approximate surface area is 127 Å². The minimum atomic E-state index is -0.905. The molecule has 0 aliphatic carbocycles. The van der Waals surface area contributed by atoms with Gasteiger partial charge in [0, 0.05) is 13.6 Å². The van der Waals surface area contributed by atoms with Gasteiger partial charge in [-0.1, -0.05) is 20.8 Å². The maximum absolute atomic E-state index is 12.3. The maximum atomic E-state index is 12.3. The molecule has 0 aromatic carbocycles. The third kappa shape index (κ3) is 5.73. The molecule has 0 bridgehead atoms. The molecule has 0 aliphatic rings. The third-order valence-corrected chi connectivity index (χ3v) is 3.20. The van der Waals surface area contributed by atoms with Gasteiger partial charge in [-0.25, -0.2) is 0 Å². The van der Waals surface area contributed by atoms with Crippen LogP contribution in [0.5, 0.6) is 0 Å². The fourth-order valence-electron chi connectivity index (χ4n) is 1.91. The van der Waals surface area contributed by atoms with Crippen LogP contribution in [0.2, 0.25) is 0 Å². The van der Waals surface area contributed by atoms with E-state index in [4.69, 9.17) is 4.74 Å². The minimum Gasteiger partial charge on any atom is -0.465 e. The van der Waals surface area contributed by atoms with Crippen LogP contribution in [0.3, 0.4) is 0 Å². The van der Waals surface area contributed by atoms with Crippen molar-refractivity contribution in [2.24, 2.45) is 16.7 Å². The van der Waals surface area contributed by atoms with Crippen LogP contribution in [0.25, 0.3) is 0 Å². The quantitative estimate of drug-likeness (QED) is 0.568. The number of carbonyl (C=O) groups excluding carboxylic acids is 3. The summed E-state index contributed by atoms with van der Waals surface area (Å²) in [5.41, 5.74) is -1.31. The van der Waals surface area contributed by atoms with E-state index in [0.717, 1.165) is 0 Å². The van der Waals surface area contributed by atoms with E-state index in [1.54, 1.807) is 48.6 Å². The van der Waals surface area contributed by atoms with Gasteiger partial charge < -0.3 is 15.4 Å². The highest BCUT2D eigenvalue weighted by Crippen LogP contribution is 2.27. The lowest BCUT2D eigenvalue weighted by atomic mass is 9.80. The van der Waals surface area contributed by atoms with Crippen molar-refractivity contribution in [3.05, 3.63) is 0 Å². The van der Waals surface area contributed by atoms with Crippen LogP contribution >= 0.6 is 0 Å². The molecule has 2 N–H and O–H groups in total. The van der Waals surface area contributed by atoms with Crippen LogP contribution in [0.15, 0.2) is 0 Å². The van der Waals surface area contributed by atoms with Gasteiger partial charge in [-0.2, -0.15) is 0 Å². The first-order valence-electron chi connectivity index (χ1n) is 7.14. The molecule has 0 rings (SSSR count). The summed E-state index contributed by atoms with van der Waals surface area (Å²) in [6.07, 6.45) is 0. The van der Waals surface area contributed by atoms with E-state index in [1.807, 2.05) is 0 Å². The SMILES string of the molecule is CCOC(=O)C(C(=O)NCC(C)(C)C(=O)NC)C(C)(C)C. The average Bonchev–Trinajstić information content (AvgIpc) is 2.34. The highest BCUT2D eigenvalue weighted by atomic mass is 16.5. The summed E-state index contributed by atoms with van der Waals surface area (Å²) in [4.78, 5) is 36.0. The van der Waals surface area contributed by atoms with E-state index in [-0.39, 0.29) is 19.1 Å². The molecular weight excluding hydrogens is 272 g/mol. The van der Waals surface area contributed by atoms with Crippen LogP contribution < -0.4 is 10.6 Å². The normalized spacial score (nSPS) is 13.3. The Balaban J connectivity index is 4.93. The molecule has 0 radical (unpaired) electrons. The predicted octanol–water partition coefficient (Wildman–Crippen LogP) is 1.10. The zero-order chi connectivity index (χ0) is 16.8. The van der Waals surface area contributed by atoms with E-state index < -0.39 is 28.6 Å². The molecule has 0 spiro atoms. The number of hydrogen-bond acceptors (Lipinski definition) is 4. The van der Waals surface area contributed by atoms with E-state index in [1.165, 1.54) is 0 Å². The number of rotatable bonds is 6. The molecule has 0 saturated carbocycles. The van der Waals surface area contributed by atoms with Gasteiger partial charge in [0.2, 0.25) is 11.8 Å². The van der Waals surface area contributed by atoms with Crippen LogP contribution in [-0.4, -0.2) is 38.0 Å². The molecular formula is C15H28N2O4. The molecule has 0 aromatic rings. The molecule has 6 heteroatoms. The van der Waals surface area contributed by atoms with Crippen molar-refractivity contribution in [2.45, 2.75) is 41.5 Å². The summed E-state index contributed by atoms with van der Waals surface area (Å²) in [6.45, 7) is 10.9. The second kappa shape index (κ2) is 7.43. The summed E-state index contributed by atoms with van der Waals surface area (Å²) >= 11 is 0. The topological polar surface area (TPSA) is 84.5 Å². The number of esters is 1. The zero-order valence-corrected chi connectivity index (χ0v) is 14.1. The van der Waals surface area contributed by atoms with Crippen molar-refractivity contribution in [1.29, 1.82) is 0 Å². The van der Waals surface area contributed by atoms with Gasteiger partial charge in [0.05, 0.1) is 12.0 Å². The van der Waals surface area contributed by atoms with Crippen LogP contribution in [0, 0.1) is 16.7 Å². The van der Waals surface area contributed by atoms with Gasteiger partial charge in [-0.15, -0.1) is 0 Å². The number of ether oxygens (including phenoxy) is 1. The predicted molar refractivity (Wildman–Crippen MR) is 80.4 cm³/mol. The number of hydrogen-bond donors (Lipinski definition) is 2. The maximum Gasteiger partial charge on any atom is 0.319 e. The molecule has 0 fully saturated rings. The summed E-state index contributed by atoms with van der Waals surface area (Å²) < 4.78 is 4.97. The Morgan fingerprint density at radius 3 is 2.00 bits per heavy atom. The average molecular weight is 300 g/mol. The Morgan fingerprint density at radius 2 is 1.62 bits per heavy atom. The van der Waals surface area contributed by atoms with E-state index in [2.05, 4.69) is 10.6 Å². The lowest BCUT2D eigenvalue weighted by molar-refractivity contribution is -0.156. The van der Waals surface area contributed by atoms with E-state index >= 15 is 0 Å². The summed E-state index contributed by atoms with van der Waals surface area (Å²) in [7, 11) is 1.54. The van der Waals surface area contributed by atoms with E-state index in [9.17, 15) is 14.4 Å². The first-order chi connectivity index (χ1) is 9.47. The lowest BCUT2D eigenvalue weighted by Gasteiger charge is -2.29. The summed E-state index contributed by atoms with van der Waals surface area (Å²) in [6, 6.07) is 0. The Morgan fingerprint density at radius 1 is 1.10 bits per heavy atom. The monoisotopic (exact) mass is 300 g/mol. The van der Waals surface area contributed by atoms with Crippen molar-refractivity contribution in [2.75, 3.05) is 20.2 Å². The van der Waals surface area contributed by atoms with Crippen molar-refractivity contribution < 1.29 is 19.1 Å². The molecule has 0 aliphatic heterocycles. The second-order valence-corrected chi connectivity index (χ2v) is 6.73. The van der Waals surface area contributed by atoms with Crippen LogP contribution in [0.4, 0.5) is 0 Å². The van der Waals surface area contributed by atoms with Crippen molar-refractivity contribution >= 4 is 17.8 Å². The van der Waals surface area contributed by atoms with Crippen molar-refractivity contribution in [1.82, 2.24) is 10.6 Å².